The molecule has 0 amide bonds. The lowest BCUT2D eigenvalue weighted by molar-refractivity contribution is 0.297. The fourth-order valence-corrected chi connectivity index (χ4v) is 2.59. The molecule has 0 spiro atoms. The molecule has 19 heavy (non-hydrogen) atoms. The third-order valence-corrected chi connectivity index (χ3v) is 4.39. The van der Waals surface area contributed by atoms with Gasteiger partial charge in [0, 0.05) is 6.04 Å². The molecule has 0 bridgehead atoms. The van der Waals surface area contributed by atoms with Crippen molar-refractivity contribution in [2.45, 2.75) is 46.6 Å². The molecule has 0 heterocycles. The smallest absolute Gasteiger partial charge is 0.137 e. The van der Waals surface area contributed by atoms with Crippen molar-refractivity contribution in [2.75, 3.05) is 6.54 Å². The van der Waals surface area contributed by atoms with Crippen LogP contribution in [0.5, 0.6) is 0 Å². The number of halogens is 2. The number of nitrogens with one attached hydrogen (secondary N) is 1. The lowest BCUT2D eigenvalue weighted by Crippen LogP contribution is -2.39. The van der Waals surface area contributed by atoms with Crippen molar-refractivity contribution in [1.29, 1.82) is 0 Å². The molecule has 1 rings (SSSR count). The van der Waals surface area contributed by atoms with E-state index in [-0.39, 0.29) is 5.82 Å². The van der Waals surface area contributed by atoms with Crippen LogP contribution in [0.15, 0.2) is 22.7 Å². The summed E-state index contributed by atoms with van der Waals surface area (Å²) in [4.78, 5) is 0. The molecule has 0 aliphatic rings. The molecule has 0 saturated heterocycles. The molecule has 1 aromatic rings. The van der Waals surface area contributed by atoms with Crippen molar-refractivity contribution in [3.63, 3.8) is 0 Å². The third-order valence-electron chi connectivity index (χ3n) is 3.78. The van der Waals surface area contributed by atoms with E-state index in [1.807, 2.05) is 12.1 Å². The first-order valence-corrected chi connectivity index (χ1v) is 7.92. The Labute approximate surface area is 125 Å². The summed E-state index contributed by atoms with van der Waals surface area (Å²) in [7, 11) is 0. The predicted molar refractivity (Wildman–Crippen MR) is 83.9 cm³/mol. The van der Waals surface area contributed by atoms with E-state index in [9.17, 15) is 4.39 Å². The summed E-state index contributed by atoms with van der Waals surface area (Å²) in [5, 5.41) is 3.62. The van der Waals surface area contributed by atoms with Crippen molar-refractivity contribution < 1.29 is 4.39 Å². The Morgan fingerprint density at radius 3 is 2.47 bits per heavy atom. The molecule has 0 radical (unpaired) electrons. The molecule has 1 N–H and O–H groups in total. The summed E-state index contributed by atoms with van der Waals surface area (Å²) in [6.07, 6.45) is 2.08. The molecule has 108 valence electrons. The molecule has 0 saturated carbocycles. The van der Waals surface area contributed by atoms with Gasteiger partial charge < -0.3 is 5.32 Å². The molecular weight excluding hydrogens is 305 g/mol. The van der Waals surface area contributed by atoms with Gasteiger partial charge in [-0.2, -0.15) is 0 Å². The molecule has 2 atom stereocenters. The van der Waals surface area contributed by atoms with Crippen LogP contribution in [0.4, 0.5) is 4.39 Å². The zero-order chi connectivity index (χ0) is 14.4. The van der Waals surface area contributed by atoms with E-state index in [4.69, 9.17) is 0 Å². The molecule has 1 aromatic carbocycles. The Morgan fingerprint density at radius 2 is 1.95 bits per heavy atom. The fourth-order valence-electron chi connectivity index (χ4n) is 2.16. The second-order valence-corrected chi connectivity index (χ2v) is 6.47. The maximum atomic E-state index is 13.3. The second kappa shape index (κ2) is 8.01. The van der Waals surface area contributed by atoms with Gasteiger partial charge in [0.25, 0.3) is 0 Å². The van der Waals surface area contributed by atoms with Crippen molar-refractivity contribution in [3.05, 3.63) is 34.1 Å². The van der Waals surface area contributed by atoms with E-state index in [0.717, 1.165) is 19.4 Å². The summed E-state index contributed by atoms with van der Waals surface area (Å²) in [6, 6.07) is 5.75. The highest BCUT2D eigenvalue weighted by atomic mass is 79.9. The van der Waals surface area contributed by atoms with Crippen LogP contribution in [-0.2, 0) is 6.42 Å². The molecule has 1 nitrogen and oxygen atoms in total. The lowest BCUT2D eigenvalue weighted by atomic mass is 9.86. The average Bonchev–Trinajstić information content (AvgIpc) is 2.37. The Balaban J connectivity index is 2.77. The highest BCUT2D eigenvalue weighted by molar-refractivity contribution is 9.10. The number of hydrogen-bond acceptors (Lipinski definition) is 1. The van der Waals surface area contributed by atoms with Gasteiger partial charge in [-0.25, -0.2) is 4.39 Å². The Bertz CT molecular complexity index is 392. The van der Waals surface area contributed by atoms with Gasteiger partial charge in [0.05, 0.1) is 4.47 Å². The summed E-state index contributed by atoms with van der Waals surface area (Å²) in [5.74, 6) is 1.03. The van der Waals surface area contributed by atoms with Gasteiger partial charge in [0.1, 0.15) is 5.82 Å². The highest BCUT2D eigenvalue weighted by Crippen LogP contribution is 2.22. The third kappa shape index (κ3) is 5.23. The predicted octanol–water partition coefficient (Wildman–Crippen LogP) is 4.79. The van der Waals surface area contributed by atoms with Crippen LogP contribution in [-0.4, -0.2) is 12.6 Å². The van der Waals surface area contributed by atoms with E-state index in [1.54, 1.807) is 0 Å². The van der Waals surface area contributed by atoms with Gasteiger partial charge in [-0.3, -0.25) is 0 Å². The van der Waals surface area contributed by atoms with Crippen molar-refractivity contribution in [3.8, 4) is 0 Å². The molecular formula is C16H25BrFN. The number of hydrogen-bond donors (Lipinski definition) is 1. The highest BCUT2D eigenvalue weighted by Gasteiger charge is 2.20. The summed E-state index contributed by atoms with van der Waals surface area (Å²) in [6.45, 7) is 10.0. The van der Waals surface area contributed by atoms with Crippen LogP contribution in [0.3, 0.4) is 0 Å². The molecule has 0 fully saturated rings. The van der Waals surface area contributed by atoms with Crippen molar-refractivity contribution >= 4 is 15.9 Å². The van der Waals surface area contributed by atoms with Crippen LogP contribution in [0.2, 0.25) is 0 Å². The van der Waals surface area contributed by atoms with Crippen molar-refractivity contribution in [2.24, 2.45) is 11.8 Å². The Morgan fingerprint density at radius 1 is 1.26 bits per heavy atom. The topological polar surface area (TPSA) is 12.0 Å². The normalized spacial score (nSPS) is 14.7. The largest absolute Gasteiger partial charge is 0.313 e. The monoisotopic (exact) mass is 329 g/mol. The maximum absolute atomic E-state index is 13.3. The second-order valence-electron chi connectivity index (χ2n) is 5.62. The Kier molecular flexibility index (Phi) is 7.01. The molecule has 0 aliphatic heterocycles. The minimum Gasteiger partial charge on any atom is -0.313 e. The summed E-state index contributed by atoms with van der Waals surface area (Å²) >= 11 is 3.26. The summed E-state index contributed by atoms with van der Waals surface area (Å²) in [5.41, 5.74) is 1.18. The molecule has 0 aromatic heterocycles. The minimum atomic E-state index is -0.196. The van der Waals surface area contributed by atoms with Crippen LogP contribution < -0.4 is 5.32 Å². The van der Waals surface area contributed by atoms with Gasteiger partial charge in [-0.1, -0.05) is 33.8 Å². The van der Waals surface area contributed by atoms with Crippen LogP contribution in [0, 0.1) is 17.7 Å². The minimum absolute atomic E-state index is 0.196. The maximum Gasteiger partial charge on any atom is 0.137 e. The molecule has 0 aliphatic carbocycles. The lowest BCUT2D eigenvalue weighted by Gasteiger charge is -2.28. The zero-order valence-corrected chi connectivity index (χ0v) is 13.9. The first-order valence-electron chi connectivity index (χ1n) is 7.13. The Hall–Kier alpha value is -0.410. The first kappa shape index (κ1) is 16.6. The van der Waals surface area contributed by atoms with Gasteiger partial charge in [0.15, 0.2) is 0 Å². The van der Waals surface area contributed by atoms with Crippen LogP contribution >= 0.6 is 15.9 Å². The number of rotatable bonds is 7. The van der Waals surface area contributed by atoms with Gasteiger partial charge in [0.2, 0.25) is 0 Å². The van der Waals surface area contributed by atoms with E-state index in [1.165, 1.54) is 11.6 Å². The fraction of sp³-hybridized carbons (Fsp3) is 0.625. The van der Waals surface area contributed by atoms with E-state index >= 15 is 0 Å². The van der Waals surface area contributed by atoms with Crippen molar-refractivity contribution in [1.82, 2.24) is 5.32 Å². The average molecular weight is 330 g/mol. The van der Waals surface area contributed by atoms with Gasteiger partial charge in [-0.15, -0.1) is 0 Å². The van der Waals surface area contributed by atoms with Gasteiger partial charge >= 0.3 is 0 Å². The van der Waals surface area contributed by atoms with Gasteiger partial charge in [-0.05, 0) is 64.8 Å². The standard InChI is InChI=1S/C16H25BrFN/c1-5-8-19-16(12(4)11(2)3)10-13-6-7-15(18)14(17)9-13/h6-7,9,11-12,16,19H,5,8,10H2,1-4H3. The van der Waals surface area contributed by atoms with E-state index in [2.05, 4.69) is 48.9 Å². The number of benzene rings is 1. The van der Waals surface area contributed by atoms with E-state index < -0.39 is 0 Å². The summed E-state index contributed by atoms with van der Waals surface area (Å²) < 4.78 is 13.8. The quantitative estimate of drug-likeness (QED) is 0.758. The van der Waals surface area contributed by atoms with E-state index in [0.29, 0.717) is 22.4 Å². The van der Waals surface area contributed by atoms with Crippen LogP contribution in [0.25, 0.3) is 0 Å². The zero-order valence-electron chi connectivity index (χ0n) is 12.3. The first-order chi connectivity index (χ1) is 8.95. The molecule has 2 unspecified atom stereocenters. The van der Waals surface area contributed by atoms with Crippen LogP contribution in [0.1, 0.15) is 39.7 Å². The molecule has 3 heteroatoms. The SMILES string of the molecule is CCCNC(Cc1ccc(F)c(Br)c1)C(C)C(C)C.